The molecule has 1 aromatic carbocycles. The van der Waals surface area contributed by atoms with E-state index in [2.05, 4.69) is 15.5 Å². The second-order valence-electron chi connectivity index (χ2n) is 6.69. The number of carbonyl (C=O) groups excluding carboxylic acids is 2. The van der Waals surface area contributed by atoms with Gasteiger partial charge in [-0.3, -0.25) is 14.7 Å². The molecule has 144 valence electrons. The molecule has 4 rings (SSSR count). The number of thiophene rings is 1. The SMILES string of the molecule is O=C(NC1CCN(C(=O)c2cc(-c3cccs3)[nH]n2)CC1)c1ccc(Cl)cc1. The topological polar surface area (TPSA) is 78.1 Å². The molecule has 2 amide bonds. The van der Waals surface area contributed by atoms with Crippen molar-refractivity contribution in [2.75, 3.05) is 13.1 Å². The smallest absolute Gasteiger partial charge is 0.274 e. The van der Waals surface area contributed by atoms with Crippen molar-refractivity contribution in [2.24, 2.45) is 0 Å². The Morgan fingerprint density at radius 1 is 1.18 bits per heavy atom. The van der Waals surface area contributed by atoms with Crippen molar-refractivity contribution in [1.29, 1.82) is 0 Å². The van der Waals surface area contributed by atoms with E-state index >= 15 is 0 Å². The maximum Gasteiger partial charge on any atom is 0.274 e. The predicted molar refractivity (Wildman–Crippen MR) is 110 cm³/mol. The summed E-state index contributed by atoms with van der Waals surface area (Å²) in [5, 5.41) is 12.7. The molecule has 1 aliphatic heterocycles. The summed E-state index contributed by atoms with van der Waals surface area (Å²) < 4.78 is 0. The van der Waals surface area contributed by atoms with Crippen LogP contribution in [-0.4, -0.2) is 46.0 Å². The van der Waals surface area contributed by atoms with E-state index in [0.717, 1.165) is 10.6 Å². The molecule has 0 unspecified atom stereocenters. The first kappa shape index (κ1) is 18.7. The Morgan fingerprint density at radius 3 is 2.61 bits per heavy atom. The van der Waals surface area contributed by atoms with Crippen LogP contribution in [0.2, 0.25) is 5.02 Å². The molecule has 3 heterocycles. The number of benzene rings is 1. The number of piperidine rings is 1. The summed E-state index contributed by atoms with van der Waals surface area (Å²) in [6.45, 7) is 1.18. The quantitative estimate of drug-likeness (QED) is 0.681. The molecule has 2 aromatic heterocycles. The summed E-state index contributed by atoms with van der Waals surface area (Å²) in [6.07, 6.45) is 1.43. The number of aromatic nitrogens is 2. The van der Waals surface area contributed by atoms with Crippen LogP contribution in [0, 0.1) is 0 Å². The minimum absolute atomic E-state index is 0.0492. The van der Waals surface area contributed by atoms with Gasteiger partial charge >= 0.3 is 0 Å². The third-order valence-corrected chi connectivity index (χ3v) is 5.96. The largest absolute Gasteiger partial charge is 0.349 e. The number of likely N-dealkylation sites (tertiary alicyclic amines) is 1. The molecule has 1 saturated heterocycles. The number of halogens is 1. The lowest BCUT2D eigenvalue weighted by molar-refractivity contribution is 0.0692. The molecule has 0 aliphatic carbocycles. The molecule has 8 heteroatoms. The summed E-state index contributed by atoms with van der Waals surface area (Å²) >= 11 is 7.46. The normalized spacial score (nSPS) is 14.8. The molecule has 3 aromatic rings. The fourth-order valence-corrected chi connectivity index (χ4v) is 4.07. The fourth-order valence-electron chi connectivity index (χ4n) is 3.25. The molecule has 1 fully saturated rings. The van der Waals surface area contributed by atoms with Crippen LogP contribution >= 0.6 is 22.9 Å². The van der Waals surface area contributed by atoms with E-state index in [9.17, 15) is 9.59 Å². The highest BCUT2D eigenvalue weighted by molar-refractivity contribution is 7.13. The van der Waals surface area contributed by atoms with Gasteiger partial charge in [0.05, 0.1) is 10.6 Å². The van der Waals surface area contributed by atoms with E-state index < -0.39 is 0 Å². The van der Waals surface area contributed by atoms with E-state index in [0.29, 0.717) is 42.2 Å². The van der Waals surface area contributed by atoms with Gasteiger partial charge in [-0.05, 0) is 54.6 Å². The third-order valence-electron chi connectivity index (χ3n) is 4.81. The molecule has 2 N–H and O–H groups in total. The van der Waals surface area contributed by atoms with Crippen molar-refractivity contribution in [3.8, 4) is 10.6 Å². The van der Waals surface area contributed by atoms with Gasteiger partial charge in [0.2, 0.25) is 0 Å². The Labute approximate surface area is 171 Å². The number of H-pyrrole nitrogens is 1. The molecule has 1 aliphatic rings. The van der Waals surface area contributed by atoms with Crippen LogP contribution < -0.4 is 5.32 Å². The number of hydrogen-bond acceptors (Lipinski definition) is 4. The Kier molecular flexibility index (Phi) is 5.45. The first-order chi connectivity index (χ1) is 13.6. The highest BCUT2D eigenvalue weighted by Gasteiger charge is 2.26. The van der Waals surface area contributed by atoms with Gasteiger partial charge in [0.1, 0.15) is 0 Å². The van der Waals surface area contributed by atoms with Crippen molar-refractivity contribution in [2.45, 2.75) is 18.9 Å². The first-order valence-corrected chi connectivity index (χ1v) is 10.3. The van der Waals surface area contributed by atoms with Gasteiger partial charge in [0.15, 0.2) is 5.69 Å². The zero-order valence-corrected chi connectivity index (χ0v) is 16.6. The maximum atomic E-state index is 12.7. The van der Waals surface area contributed by atoms with Gasteiger partial charge in [0, 0.05) is 29.7 Å². The van der Waals surface area contributed by atoms with Gasteiger partial charge in [-0.2, -0.15) is 5.10 Å². The standard InChI is InChI=1S/C20H19ClN4O2S/c21-14-5-3-13(4-6-14)19(26)22-15-7-9-25(10-8-15)20(27)17-12-16(23-24-17)18-2-1-11-28-18/h1-6,11-12,15H,7-10H2,(H,22,26)(H,23,24). The minimum Gasteiger partial charge on any atom is -0.349 e. The lowest BCUT2D eigenvalue weighted by atomic mass is 10.0. The molecule has 0 atom stereocenters. The van der Waals surface area contributed by atoms with Gasteiger partial charge in [-0.1, -0.05) is 17.7 Å². The molecule has 28 heavy (non-hydrogen) atoms. The van der Waals surface area contributed by atoms with Crippen LogP contribution in [0.5, 0.6) is 0 Å². The molecule has 0 radical (unpaired) electrons. The molecular formula is C20H19ClN4O2S. The lowest BCUT2D eigenvalue weighted by Gasteiger charge is -2.32. The van der Waals surface area contributed by atoms with Crippen molar-refractivity contribution in [1.82, 2.24) is 20.4 Å². The fraction of sp³-hybridized carbons (Fsp3) is 0.250. The van der Waals surface area contributed by atoms with Crippen molar-refractivity contribution in [3.63, 3.8) is 0 Å². The zero-order chi connectivity index (χ0) is 19.5. The molecule has 0 spiro atoms. The predicted octanol–water partition coefficient (Wildman–Crippen LogP) is 3.83. The summed E-state index contributed by atoms with van der Waals surface area (Å²) in [5.41, 5.74) is 1.86. The highest BCUT2D eigenvalue weighted by Crippen LogP contribution is 2.24. The number of aromatic amines is 1. The third kappa shape index (κ3) is 4.10. The van der Waals surface area contributed by atoms with Crippen LogP contribution in [0.1, 0.15) is 33.7 Å². The maximum absolute atomic E-state index is 12.7. The van der Waals surface area contributed by atoms with Crippen LogP contribution in [0.15, 0.2) is 47.8 Å². The summed E-state index contributed by atoms with van der Waals surface area (Å²) in [7, 11) is 0. The Bertz CT molecular complexity index is 961. The molecule has 0 saturated carbocycles. The van der Waals surface area contributed by atoms with E-state index in [1.54, 1.807) is 46.6 Å². The number of nitrogens with zero attached hydrogens (tertiary/aromatic N) is 2. The Balaban J connectivity index is 1.32. The highest BCUT2D eigenvalue weighted by atomic mass is 35.5. The summed E-state index contributed by atoms with van der Waals surface area (Å²) in [6, 6.07) is 12.6. The Morgan fingerprint density at radius 2 is 1.93 bits per heavy atom. The summed E-state index contributed by atoms with van der Waals surface area (Å²) in [5.74, 6) is -0.198. The second kappa shape index (κ2) is 8.16. The van der Waals surface area contributed by atoms with Crippen LogP contribution in [-0.2, 0) is 0 Å². The average Bonchev–Trinajstić information content (AvgIpc) is 3.40. The second-order valence-corrected chi connectivity index (χ2v) is 8.08. The van der Waals surface area contributed by atoms with E-state index in [-0.39, 0.29) is 17.9 Å². The lowest BCUT2D eigenvalue weighted by Crippen LogP contribution is -2.46. The van der Waals surface area contributed by atoms with Gasteiger partial charge < -0.3 is 10.2 Å². The zero-order valence-electron chi connectivity index (χ0n) is 15.0. The van der Waals surface area contributed by atoms with Crippen molar-refractivity contribution in [3.05, 3.63) is 64.1 Å². The number of nitrogens with one attached hydrogen (secondary N) is 2. The molecule has 6 nitrogen and oxygen atoms in total. The monoisotopic (exact) mass is 414 g/mol. The number of amides is 2. The van der Waals surface area contributed by atoms with Crippen molar-refractivity contribution >= 4 is 34.8 Å². The first-order valence-electron chi connectivity index (χ1n) is 9.05. The Hall–Kier alpha value is -2.64. The van der Waals surface area contributed by atoms with Crippen molar-refractivity contribution < 1.29 is 9.59 Å². The van der Waals surface area contributed by atoms with E-state index in [1.807, 2.05) is 17.5 Å². The number of hydrogen-bond donors (Lipinski definition) is 2. The van der Waals surface area contributed by atoms with Crippen LogP contribution in [0.3, 0.4) is 0 Å². The van der Waals surface area contributed by atoms with Crippen LogP contribution in [0.4, 0.5) is 0 Å². The van der Waals surface area contributed by atoms with Gasteiger partial charge in [-0.15, -0.1) is 11.3 Å². The van der Waals surface area contributed by atoms with E-state index in [1.165, 1.54) is 0 Å². The molecule has 0 bridgehead atoms. The molecular weight excluding hydrogens is 396 g/mol. The van der Waals surface area contributed by atoms with Gasteiger partial charge in [0.25, 0.3) is 11.8 Å². The summed E-state index contributed by atoms with van der Waals surface area (Å²) in [4.78, 5) is 27.9. The number of rotatable bonds is 4. The van der Waals surface area contributed by atoms with E-state index in [4.69, 9.17) is 11.6 Å². The minimum atomic E-state index is -0.116. The number of carbonyl (C=O) groups is 2. The van der Waals surface area contributed by atoms with Gasteiger partial charge in [-0.25, -0.2) is 0 Å². The van der Waals surface area contributed by atoms with Crippen LogP contribution in [0.25, 0.3) is 10.6 Å². The average molecular weight is 415 g/mol.